The molecule has 1 N–H and O–H groups in total. The van der Waals surface area contributed by atoms with Crippen LogP contribution in [-0.2, 0) is 0 Å². The summed E-state index contributed by atoms with van der Waals surface area (Å²) in [6.07, 6.45) is 25.1. The van der Waals surface area contributed by atoms with Crippen LogP contribution in [0.3, 0.4) is 0 Å². The number of hydrogen-bond acceptors (Lipinski definition) is 1. The van der Waals surface area contributed by atoms with Gasteiger partial charge in [-0.25, -0.2) is 0 Å². The first-order valence-corrected chi connectivity index (χ1v) is 16.0. The first-order valence-electron chi connectivity index (χ1n) is 16.0. The van der Waals surface area contributed by atoms with Crippen molar-refractivity contribution in [3.8, 4) is 0 Å². The van der Waals surface area contributed by atoms with Gasteiger partial charge < -0.3 is 5.11 Å². The van der Waals surface area contributed by atoms with E-state index in [-0.39, 0.29) is 6.10 Å². The maximum absolute atomic E-state index is 10.4. The molecule has 8 fully saturated rings. The fraction of sp³-hybridized carbons (Fsp3) is 1.00. The van der Waals surface area contributed by atoms with Crippen molar-refractivity contribution in [2.75, 3.05) is 0 Å². The van der Waals surface area contributed by atoms with Crippen molar-refractivity contribution in [3.63, 3.8) is 0 Å². The Kier molecular flexibility index (Phi) is 5.42. The molecule has 0 radical (unpaired) electrons. The molecule has 0 aromatic carbocycles. The minimum atomic E-state index is -0.00540. The average molecular weight is 467 g/mol. The van der Waals surface area contributed by atoms with E-state index in [0.29, 0.717) is 10.8 Å². The van der Waals surface area contributed by atoms with Crippen molar-refractivity contribution < 1.29 is 5.11 Å². The predicted molar refractivity (Wildman–Crippen MR) is 140 cm³/mol. The second kappa shape index (κ2) is 7.98. The Hall–Kier alpha value is -0.0400. The molecule has 9 atom stereocenters. The molecular weight excluding hydrogens is 412 g/mol. The van der Waals surface area contributed by atoms with Crippen molar-refractivity contribution in [1.82, 2.24) is 0 Å². The molecule has 4 bridgehead atoms. The van der Waals surface area contributed by atoms with Gasteiger partial charge in [0.1, 0.15) is 0 Å². The molecule has 0 unspecified atom stereocenters. The summed E-state index contributed by atoms with van der Waals surface area (Å²) < 4.78 is 0. The van der Waals surface area contributed by atoms with Gasteiger partial charge in [0.05, 0.1) is 6.10 Å². The zero-order valence-electron chi connectivity index (χ0n) is 22.7. The Morgan fingerprint density at radius 1 is 0.735 bits per heavy atom. The van der Waals surface area contributed by atoms with Crippen LogP contribution in [0.15, 0.2) is 0 Å². The number of aliphatic hydroxyl groups is 1. The van der Waals surface area contributed by atoms with Crippen LogP contribution in [0.25, 0.3) is 0 Å². The lowest BCUT2D eigenvalue weighted by Gasteiger charge is -2.61. The average Bonchev–Trinajstić information content (AvgIpc) is 3.14. The highest BCUT2D eigenvalue weighted by molar-refractivity contribution is 5.10. The lowest BCUT2D eigenvalue weighted by atomic mass is 9.44. The zero-order valence-corrected chi connectivity index (χ0v) is 22.7. The summed E-state index contributed by atoms with van der Waals surface area (Å²) in [6.45, 7) is 8.11. The Balaban J connectivity index is 1.04. The Morgan fingerprint density at radius 2 is 1.38 bits per heavy atom. The van der Waals surface area contributed by atoms with Crippen LogP contribution >= 0.6 is 0 Å². The summed E-state index contributed by atoms with van der Waals surface area (Å²) in [5.74, 6) is 9.03. The van der Waals surface area contributed by atoms with Gasteiger partial charge in [-0.1, -0.05) is 20.8 Å². The number of fused-ring (bicyclic) bond motifs is 5. The van der Waals surface area contributed by atoms with Crippen molar-refractivity contribution in [2.45, 2.75) is 136 Å². The molecule has 8 aliphatic rings. The first-order chi connectivity index (χ1) is 16.3. The van der Waals surface area contributed by atoms with E-state index in [0.717, 1.165) is 71.5 Å². The highest BCUT2D eigenvalue weighted by atomic mass is 16.3. The molecule has 8 aliphatic carbocycles. The Bertz CT molecular complexity index is 750. The predicted octanol–water partition coefficient (Wildman–Crippen LogP) is 8.64. The van der Waals surface area contributed by atoms with Gasteiger partial charge in [0.25, 0.3) is 0 Å². The third-order valence-electron chi connectivity index (χ3n) is 14.7. The van der Waals surface area contributed by atoms with Crippen LogP contribution in [0.1, 0.15) is 130 Å². The van der Waals surface area contributed by atoms with Gasteiger partial charge in [0, 0.05) is 0 Å². The maximum Gasteiger partial charge on any atom is 0.0543 e. The largest absolute Gasteiger partial charge is 0.393 e. The third-order valence-corrected chi connectivity index (χ3v) is 14.7. The van der Waals surface area contributed by atoms with E-state index in [1.807, 2.05) is 0 Å². The van der Waals surface area contributed by atoms with Crippen LogP contribution in [0.2, 0.25) is 0 Å². The fourth-order valence-electron chi connectivity index (χ4n) is 13.5. The van der Waals surface area contributed by atoms with Crippen molar-refractivity contribution in [3.05, 3.63) is 0 Å². The highest BCUT2D eigenvalue weighted by Gasteiger charge is 2.60. The van der Waals surface area contributed by atoms with Gasteiger partial charge in [0.2, 0.25) is 0 Å². The molecule has 8 rings (SSSR count). The molecule has 34 heavy (non-hydrogen) atoms. The lowest BCUT2D eigenvalue weighted by molar-refractivity contribution is -0.129. The minimum absolute atomic E-state index is 0.00540. The van der Waals surface area contributed by atoms with Gasteiger partial charge >= 0.3 is 0 Å². The summed E-state index contributed by atoms with van der Waals surface area (Å²) in [6, 6.07) is 0. The fourth-order valence-corrected chi connectivity index (χ4v) is 13.5. The molecule has 1 heteroatoms. The van der Waals surface area contributed by atoms with Crippen molar-refractivity contribution in [1.29, 1.82) is 0 Å². The normalized spacial score (nSPS) is 58.8. The van der Waals surface area contributed by atoms with E-state index in [2.05, 4.69) is 20.8 Å². The quantitative estimate of drug-likeness (QED) is 0.439. The molecule has 0 aromatic heterocycles. The molecule has 0 saturated heterocycles. The summed E-state index contributed by atoms with van der Waals surface area (Å²) in [5, 5.41) is 10.4. The van der Waals surface area contributed by atoms with Crippen molar-refractivity contribution >= 4 is 0 Å². The smallest absolute Gasteiger partial charge is 0.0543 e. The van der Waals surface area contributed by atoms with E-state index in [4.69, 9.17) is 0 Å². The first kappa shape index (κ1) is 23.1. The second-order valence-corrected chi connectivity index (χ2v) is 16.2. The lowest BCUT2D eigenvalue weighted by Crippen LogP contribution is -2.54. The summed E-state index contributed by atoms with van der Waals surface area (Å²) in [5.41, 5.74) is 1.93. The van der Waals surface area contributed by atoms with Crippen LogP contribution in [0.5, 0.6) is 0 Å². The number of aliphatic hydroxyl groups excluding tert-OH is 1. The van der Waals surface area contributed by atoms with E-state index < -0.39 is 0 Å². The van der Waals surface area contributed by atoms with Gasteiger partial charge in [-0.05, 0) is 179 Å². The number of rotatable bonds is 4. The van der Waals surface area contributed by atoms with Gasteiger partial charge in [-0.2, -0.15) is 0 Å². The highest BCUT2D eigenvalue weighted by Crippen LogP contribution is 2.69. The molecule has 1 nitrogen and oxygen atoms in total. The van der Waals surface area contributed by atoms with Gasteiger partial charge in [0.15, 0.2) is 0 Å². The van der Waals surface area contributed by atoms with E-state index in [1.165, 1.54) is 51.4 Å². The zero-order chi connectivity index (χ0) is 23.3. The third kappa shape index (κ3) is 3.40. The number of hydrogen-bond donors (Lipinski definition) is 1. The standard InChI is InChI=1S/C33H54O/c1-21(8-13-33-18-22-14-23(19-33)16-24(15-22)20-33)28-6-7-29-27-5-4-25-17-26(34)9-11-31(25,2)30(27)10-12-32(28,29)3/h21-30,34H,4-20H2,1-3H3/t21-,22?,23?,24?,25+,26+,27+,28-,29+,30+,31+,32-,33?/m1/s1. The monoisotopic (exact) mass is 466 g/mol. The Labute approximate surface area is 210 Å². The summed E-state index contributed by atoms with van der Waals surface area (Å²) in [7, 11) is 0. The second-order valence-electron chi connectivity index (χ2n) is 16.2. The molecule has 192 valence electrons. The summed E-state index contributed by atoms with van der Waals surface area (Å²) >= 11 is 0. The van der Waals surface area contributed by atoms with E-state index in [1.54, 1.807) is 44.9 Å². The Morgan fingerprint density at radius 3 is 2.09 bits per heavy atom. The summed E-state index contributed by atoms with van der Waals surface area (Å²) in [4.78, 5) is 0. The van der Waals surface area contributed by atoms with Crippen LogP contribution in [-0.4, -0.2) is 11.2 Å². The SMILES string of the molecule is C[C@H](CCC12CC3CC(CC(C3)C1)C2)[C@H]1CC[C@H]2[C@@H]3CC[C@H]4C[C@@H](O)CC[C@]4(C)[C@H]3CC[C@]12C. The van der Waals surface area contributed by atoms with Crippen LogP contribution in [0.4, 0.5) is 0 Å². The van der Waals surface area contributed by atoms with Crippen molar-refractivity contribution in [2.24, 2.45) is 69.5 Å². The molecule has 0 heterocycles. The topological polar surface area (TPSA) is 20.2 Å². The molecule has 8 saturated carbocycles. The van der Waals surface area contributed by atoms with Gasteiger partial charge in [-0.15, -0.1) is 0 Å². The van der Waals surface area contributed by atoms with E-state index >= 15 is 0 Å². The van der Waals surface area contributed by atoms with E-state index in [9.17, 15) is 5.11 Å². The minimum Gasteiger partial charge on any atom is -0.393 e. The molecule has 0 amide bonds. The molecular formula is C33H54O. The van der Waals surface area contributed by atoms with Crippen LogP contribution in [0, 0.1) is 69.5 Å². The molecule has 0 aliphatic heterocycles. The van der Waals surface area contributed by atoms with Crippen LogP contribution < -0.4 is 0 Å². The maximum atomic E-state index is 10.4. The molecule has 0 spiro atoms. The van der Waals surface area contributed by atoms with Gasteiger partial charge in [-0.3, -0.25) is 0 Å². The molecule has 0 aromatic rings.